The predicted molar refractivity (Wildman–Crippen MR) is 132 cm³/mol. The molecule has 0 spiro atoms. The van der Waals surface area contributed by atoms with Crippen LogP contribution < -0.4 is 16.2 Å². The summed E-state index contributed by atoms with van der Waals surface area (Å²) in [7, 11) is 1.99. The molecule has 4 aromatic rings. The molecule has 5 heterocycles. The Morgan fingerprint density at radius 1 is 0.941 bits per heavy atom. The molecule has 2 atom stereocenters. The Labute approximate surface area is 198 Å². The van der Waals surface area contributed by atoms with Crippen LogP contribution in [0.1, 0.15) is 49.4 Å². The lowest BCUT2D eigenvalue weighted by Crippen LogP contribution is -2.18. The van der Waals surface area contributed by atoms with Crippen LogP contribution in [0.25, 0.3) is 28.2 Å². The molecule has 0 radical (unpaired) electrons. The van der Waals surface area contributed by atoms with Gasteiger partial charge < -0.3 is 20.2 Å². The van der Waals surface area contributed by atoms with Gasteiger partial charge in [-0.3, -0.25) is 9.36 Å². The Morgan fingerprint density at radius 3 is 2.38 bits per heavy atom. The van der Waals surface area contributed by atoms with Gasteiger partial charge >= 0.3 is 0 Å². The second-order valence-corrected chi connectivity index (χ2v) is 9.25. The molecule has 3 N–H and O–H groups in total. The summed E-state index contributed by atoms with van der Waals surface area (Å²) in [5.74, 6) is 2.64. The molecule has 0 aliphatic carbocycles. The highest BCUT2D eigenvalue weighted by Crippen LogP contribution is 2.27. The first-order chi connectivity index (χ1) is 16.7. The van der Waals surface area contributed by atoms with Crippen LogP contribution in [0.4, 0.5) is 0 Å². The third-order valence-corrected chi connectivity index (χ3v) is 6.95. The summed E-state index contributed by atoms with van der Waals surface area (Å²) in [6.45, 7) is 2.06. The molecule has 174 valence electrons. The van der Waals surface area contributed by atoms with Gasteiger partial charge in [0.15, 0.2) is 5.82 Å². The van der Waals surface area contributed by atoms with Crippen molar-refractivity contribution in [3.63, 3.8) is 0 Å². The minimum absolute atomic E-state index is 0.0899. The first-order valence-corrected chi connectivity index (χ1v) is 12.0. The summed E-state index contributed by atoms with van der Waals surface area (Å²) < 4.78 is 3.63. The van der Waals surface area contributed by atoms with E-state index in [4.69, 9.17) is 4.98 Å². The monoisotopic (exact) mass is 455 g/mol. The first kappa shape index (κ1) is 21.1. The average molecular weight is 456 g/mol. The van der Waals surface area contributed by atoms with E-state index in [9.17, 15) is 4.79 Å². The van der Waals surface area contributed by atoms with Crippen LogP contribution >= 0.6 is 0 Å². The number of rotatable bonds is 5. The SMILES string of the molecule is Cn1cc(-n2ccc(-c3ccc(-c4cnc(C5CCCN5)[nH]4)cc3)cc2=O)nc1C1CCCN1. The molecule has 6 rings (SSSR count). The lowest BCUT2D eigenvalue weighted by molar-refractivity contribution is 0.579. The molecule has 0 amide bonds. The molecule has 2 aliphatic heterocycles. The number of aromatic nitrogens is 5. The standard InChI is InChI=1S/C26H29N7O/c1-32-16-23(31-26(32)21-5-3-12-28-21)33-13-10-19(14-24(33)34)17-6-8-18(9-7-17)22-15-29-25(30-22)20-4-2-11-27-20/h6-10,13-16,20-21,27-28H,2-5,11-12H2,1H3,(H,29,30). The van der Waals surface area contributed by atoms with Crippen LogP contribution in [0.3, 0.4) is 0 Å². The Bertz CT molecular complexity index is 1350. The zero-order chi connectivity index (χ0) is 23.1. The van der Waals surface area contributed by atoms with Gasteiger partial charge in [0.1, 0.15) is 11.6 Å². The fourth-order valence-electron chi connectivity index (χ4n) is 5.08. The van der Waals surface area contributed by atoms with E-state index in [1.807, 2.05) is 48.4 Å². The van der Waals surface area contributed by atoms with Gasteiger partial charge in [-0.25, -0.2) is 9.97 Å². The van der Waals surface area contributed by atoms with E-state index in [1.165, 1.54) is 6.42 Å². The molecule has 0 bridgehead atoms. The summed E-state index contributed by atoms with van der Waals surface area (Å²) in [6.07, 6.45) is 10.2. The Kier molecular flexibility index (Phi) is 5.39. The van der Waals surface area contributed by atoms with E-state index in [2.05, 4.69) is 32.7 Å². The Hall–Kier alpha value is -3.49. The third-order valence-electron chi connectivity index (χ3n) is 6.95. The Morgan fingerprint density at radius 2 is 1.68 bits per heavy atom. The van der Waals surface area contributed by atoms with Crippen LogP contribution in [-0.2, 0) is 7.05 Å². The van der Waals surface area contributed by atoms with E-state index in [0.717, 1.165) is 66.4 Å². The molecule has 0 saturated carbocycles. The molecule has 2 aliphatic rings. The zero-order valence-electron chi connectivity index (χ0n) is 19.3. The summed E-state index contributed by atoms with van der Waals surface area (Å²) in [5.41, 5.74) is 3.89. The molecule has 2 saturated heterocycles. The van der Waals surface area contributed by atoms with Crippen LogP contribution in [0.15, 0.2) is 59.8 Å². The molecule has 8 heteroatoms. The van der Waals surface area contributed by atoms with E-state index in [0.29, 0.717) is 11.9 Å². The maximum absolute atomic E-state index is 13.0. The lowest BCUT2D eigenvalue weighted by Gasteiger charge is -2.08. The van der Waals surface area contributed by atoms with Crippen molar-refractivity contribution in [3.8, 4) is 28.2 Å². The topological polar surface area (TPSA) is 92.6 Å². The number of imidazole rings is 2. The summed E-state index contributed by atoms with van der Waals surface area (Å²) in [4.78, 5) is 25.7. The highest BCUT2D eigenvalue weighted by molar-refractivity contribution is 5.68. The van der Waals surface area contributed by atoms with Crippen LogP contribution in [0.5, 0.6) is 0 Å². The maximum Gasteiger partial charge on any atom is 0.256 e. The molecule has 34 heavy (non-hydrogen) atoms. The van der Waals surface area contributed by atoms with Crippen molar-refractivity contribution in [2.75, 3.05) is 13.1 Å². The van der Waals surface area contributed by atoms with Crippen LogP contribution in [0.2, 0.25) is 0 Å². The number of hydrogen-bond donors (Lipinski definition) is 3. The summed E-state index contributed by atoms with van der Waals surface area (Å²) >= 11 is 0. The molecule has 2 fully saturated rings. The molecule has 8 nitrogen and oxygen atoms in total. The van der Waals surface area contributed by atoms with Crippen LogP contribution in [0, 0.1) is 0 Å². The van der Waals surface area contributed by atoms with Gasteiger partial charge in [0.25, 0.3) is 5.56 Å². The largest absolute Gasteiger partial charge is 0.341 e. The normalized spacial score (nSPS) is 20.3. The minimum atomic E-state index is -0.0899. The van der Waals surface area contributed by atoms with Gasteiger partial charge in [-0.1, -0.05) is 24.3 Å². The zero-order valence-corrected chi connectivity index (χ0v) is 19.3. The van der Waals surface area contributed by atoms with E-state index in [1.54, 1.807) is 10.6 Å². The van der Waals surface area contributed by atoms with Gasteiger partial charge in [0.05, 0.1) is 24.0 Å². The lowest BCUT2D eigenvalue weighted by atomic mass is 10.0. The maximum atomic E-state index is 13.0. The van der Waals surface area contributed by atoms with Gasteiger partial charge in [0, 0.05) is 25.5 Å². The average Bonchev–Trinajstić information content (AvgIpc) is 3.66. The van der Waals surface area contributed by atoms with Crippen molar-refractivity contribution >= 4 is 0 Å². The predicted octanol–water partition coefficient (Wildman–Crippen LogP) is 3.48. The van der Waals surface area contributed by atoms with Gasteiger partial charge in [-0.15, -0.1) is 0 Å². The molecule has 1 aromatic carbocycles. The van der Waals surface area contributed by atoms with E-state index < -0.39 is 0 Å². The van der Waals surface area contributed by atoms with Crippen molar-refractivity contribution in [1.82, 2.24) is 34.7 Å². The number of benzene rings is 1. The molecule has 2 unspecified atom stereocenters. The minimum Gasteiger partial charge on any atom is -0.341 e. The number of H-pyrrole nitrogens is 1. The van der Waals surface area contributed by atoms with Crippen molar-refractivity contribution in [3.05, 3.63) is 77.0 Å². The number of nitrogens with zero attached hydrogens (tertiary/aromatic N) is 4. The Balaban J connectivity index is 1.22. The van der Waals surface area contributed by atoms with Gasteiger partial charge in [-0.05, 0) is 61.5 Å². The van der Waals surface area contributed by atoms with E-state index >= 15 is 0 Å². The van der Waals surface area contributed by atoms with Crippen molar-refractivity contribution in [2.24, 2.45) is 7.05 Å². The molecular weight excluding hydrogens is 426 g/mol. The fraction of sp³-hybridized carbons (Fsp3) is 0.346. The van der Waals surface area contributed by atoms with Crippen molar-refractivity contribution in [1.29, 1.82) is 0 Å². The third kappa shape index (κ3) is 3.89. The fourth-order valence-corrected chi connectivity index (χ4v) is 5.08. The highest BCUT2D eigenvalue weighted by atomic mass is 16.1. The molecule has 3 aromatic heterocycles. The van der Waals surface area contributed by atoms with Crippen molar-refractivity contribution < 1.29 is 0 Å². The van der Waals surface area contributed by atoms with Gasteiger partial charge in [-0.2, -0.15) is 0 Å². The quantitative estimate of drug-likeness (QED) is 0.429. The summed E-state index contributed by atoms with van der Waals surface area (Å²) in [6, 6.07) is 12.5. The second kappa shape index (κ2) is 8.70. The number of aromatic amines is 1. The number of nitrogens with one attached hydrogen (secondary N) is 3. The van der Waals surface area contributed by atoms with Crippen LogP contribution in [-0.4, -0.2) is 37.2 Å². The number of hydrogen-bond acceptors (Lipinski definition) is 5. The first-order valence-electron chi connectivity index (χ1n) is 12.0. The number of aryl methyl sites for hydroxylation is 1. The van der Waals surface area contributed by atoms with Gasteiger partial charge in [0.2, 0.25) is 0 Å². The van der Waals surface area contributed by atoms with Crippen molar-refractivity contribution in [2.45, 2.75) is 37.8 Å². The van der Waals surface area contributed by atoms with E-state index in [-0.39, 0.29) is 11.6 Å². The summed E-state index contributed by atoms with van der Waals surface area (Å²) in [5, 5.41) is 6.95. The second-order valence-electron chi connectivity index (χ2n) is 9.25. The smallest absolute Gasteiger partial charge is 0.256 e. The number of pyridine rings is 1. The highest BCUT2D eigenvalue weighted by Gasteiger charge is 2.22. The molecular formula is C26H29N7O.